The topological polar surface area (TPSA) is 52.6 Å². The number of likely N-dealkylation sites (N-methyl/N-ethyl adjacent to an activating group) is 1. The number of aromatic hydroxyl groups is 1. The molecule has 0 saturated carbocycles. The van der Waals surface area contributed by atoms with Gasteiger partial charge in [0.1, 0.15) is 5.75 Å². The minimum absolute atomic E-state index is 0.0124. The molecule has 0 heterocycles. The lowest BCUT2D eigenvalue weighted by molar-refractivity contribution is 0.0952. The summed E-state index contributed by atoms with van der Waals surface area (Å²) < 4.78 is 0. The molecule has 2 N–H and O–H groups in total. The molecule has 1 aliphatic rings. The van der Waals surface area contributed by atoms with E-state index < -0.39 is 0 Å². The van der Waals surface area contributed by atoms with Gasteiger partial charge in [0.2, 0.25) is 0 Å². The Labute approximate surface area is 190 Å². The Morgan fingerprint density at radius 3 is 2.50 bits per heavy atom. The predicted octanol–water partition coefficient (Wildman–Crippen LogP) is 5.06. The highest BCUT2D eigenvalue weighted by atomic mass is 16.3. The van der Waals surface area contributed by atoms with E-state index >= 15 is 0 Å². The van der Waals surface area contributed by atoms with E-state index in [1.807, 2.05) is 48.5 Å². The van der Waals surface area contributed by atoms with Gasteiger partial charge in [0, 0.05) is 18.2 Å². The summed E-state index contributed by atoms with van der Waals surface area (Å²) >= 11 is 0. The Hall–Kier alpha value is -3.11. The third-order valence-corrected chi connectivity index (χ3v) is 6.53. The summed E-state index contributed by atoms with van der Waals surface area (Å²) in [6.07, 6.45) is 5.03. The highest BCUT2D eigenvalue weighted by Gasteiger charge is 2.23. The number of benzene rings is 3. The summed E-state index contributed by atoms with van der Waals surface area (Å²) in [5.74, 6) is 0.427. The molecule has 1 amide bonds. The first-order valence-corrected chi connectivity index (χ1v) is 11.6. The van der Waals surface area contributed by atoms with E-state index in [-0.39, 0.29) is 5.91 Å². The van der Waals surface area contributed by atoms with Crippen molar-refractivity contribution in [2.45, 2.75) is 38.1 Å². The number of phenols is 1. The van der Waals surface area contributed by atoms with E-state index in [1.54, 1.807) is 6.07 Å². The van der Waals surface area contributed by atoms with Gasteiger partial charge >= 0.3 is 0 Å². The molecule has 0 saturated heterocycles. The highest BCUT2D eigenvalue weighted by molar-refractivity contribution is 5.94. The number of rotatable bonds is 8. The zero-order chi connectivity index (χ0) is 22.3. The molecular formula is C28H32N2O2. The van der Waals surface area contributed by atoms with Crippen LogP contribution in [0.25, 0.3) is 11.1 Å². The van der Waals surface area contributed by atoms with Crippen molar-refractivity contribution in [2.75, 3.05) is 20.1 Å². The molecule has 0 fully saturated rings. The van der Waals surface area contributed by atoms with Crippen molar-refractivity contribution in [1.82, 2.24) is 10.2 Å². The summed E-state index contributed by atoms with van der Waals surface area (Å²) in [6.45, 7) is 1.70. The quantitative estimate of drug-likeness (QED) is 0.493. The van der Waals surface area contributed by atoms with Crippen LogP contribution in [-0.4, -0.2) is 42.1 Å². The Morgan fingerprint density at radius 2 is 1.72 bits per heavy atom. The fourth-order valence-corrected chi connectivity index (χ4v) is 4.56. The van der Waals surface area contributed by atoms with Gasteiger partial charge in [-0.1, -0.05) is 54.6 Å². The van der Waals surface area contributed by atoms with E-state index in [1.165, 1.54) is 5.56 Å². The van der Waals surface area contributed by atoms with Gasteiger partial charge in [-0.25, -0.2) is 0 Å². The number of nitrogens with zero attached hydrogens (tertiary/aromatic N) is 1. The fraction of sp³-hybridized carbons (Fsp3) is 0.321. The third kappa shape index (κ3) is 5.38. The Bertz CT molecular complexity index is 1030. The van der Waals surface area contributed by atoms with Gasteiger partial charge in [-0.3, -0.25) is 4.79 Å². The van der Waals surface area contributed by atoms with Gasteiger partial charge in [0.05, 0.1) is 0 Å². The van der Waals surface area contributed by atoms with Crippen LogP contribution in [-0.2, 0) is 12.8 Å². The number of carbonyl (C=O) groups excluding carboxylic acids is 1. The monoisotopic (exact) mass is 428 g/mol. The van der Waals surface area contributed by atoms with Crippen molar-refractivity contribution in [3.63, 3.8) is 0 Å². The summed E-state index contributed by atoms with van der Waals surface area (Å²) in [7, 11) is 2.19. The van der Waals surface area contributed by atoms with Crippen LogP contribution in [0.3, 0.4) is 0 Å². The SMILES string of the molecule is CN(CCCCNC(=O)c1ccc(-c2ccccc2)cc1)[C@H]1CCc2c(O)cccc2C1. The van der Waals surface area contributed by atoms with E-state index in [2.05, 4.69) is 35.5 Å². The molecule has 4 heteroatoms. The largest absolute Gasteiger partial charge is 0.508 e. The van der Waals surface area contributed by atoms with Gasteiger partial charge in [0.15, 0.2) is 0 Å². The number of hydrogen-bond donors (Lipinski definition) is 2. The zero-order valence-electron chi connectivity index (χ0n) is 18.8. The van der Waals surface area contributed by atoms with Gasteiger partial charge in [0.25, 0.3) is 5.91 Å². The maximum atomic E-state index is 12.4. The number of phenolic OH excluding ortho intramolecular Hbond substituents is 1. The predicted molar refractivity (Wildman–Crippen MR) is 130 cm³/mol. The molecule has 4 rings (SSSR count). The van der Waals surface area contributed by atoms with Crippen molar-refractivity contribution >= 4 is 5.91 Å². The van der Waals surface area contributed by atoms with Crippen LogP contribution in [0, 0.1) is 0 Å². The Kier molecular flexibility index (Phi) is 7.23. The molecule has 3 aromatic carbocycles. The summed E-state index contributed by atoms with van der Waals surface area (Å²) in [5.41, 5.74) is 5.37. The van der Waals surface area contributed by atoms with Crippen molar-refractivity contribution in [2.24, 2.45) is 0 Å². The van der Waals surface area contributed by atoms with E-state index in [9.17, 15) is 9.90 Å². The van der Waals surface area contributed by atoms with E-state index in [0.717, 1.165) is 55.3 Å². The Morgan fingerprint density at radius 1 is 0.969 bits per heavy atom. The third-order valence-electron chi connectivity index (χ3n) is 6.53. The highest BCUT2D eigenvalue weighted by Crippen LogP contribution is 2.30. The number of hydrogen-bond acceptors (Lipinski definition) is 3. The second kappa shape index (κ2) is 10.5. The van der Waals surface area contributed by atoms with Crippen LogP contribution >= 0.6 is 0 Å². The van der Waals surface area contributed by atoms with Crippen molar-refractivity contribution in [1.29, 1.82) is 0 Å². The lowest BCUT2D eigenvalue weighted by Gasteiger charge is -2.32. The van der Waals surface area contributed by atoms with Crippen LogP contribution in [0.1, 0.15) is 40.7 Å². The average Bonchev–Trinajstić information content (AvgIpc) is 2.84. The van der Waals surface area contributed by atoms with Crippen molar-refractivity contribution in [3.05, 3.63) is 89.5 Å². The van der Waals surface area contributed by atoms with Crippen LogP contribution in [0.2, 0.25) is 0 Å². The first-order valence-electron chi connectivity index (χ1n) is 11.6. The maximum Gasteiger partial charge on any atom is 0.251 e. The molecule has 166 valence electrons. The summed E-state index contributed by atoms with van der Waals surface area (Å²) in [5, 5.41) is 13.1. The first-order chi connectivity index (χ1) is 15.6. The lowest BCUT2D eigenvalue weighted by atomic mass is 9.87. The van der Waals surface area contributed by atoms with Crippen LogP contribution in [0.5, 0.6) is 5.75 Å². The van der Waals surface area contributed by atoms with Crippen LogP contribution < -0.4 is 5.32 Å². The smallest absolute Gasteiger partial charge is 0.251 e. The van der Waals surface area contributed by atoms with E-state index in [0.29, 0.717) is 23.9 Å². The lowest BCUT2D eigenvalue weighted by Crippen LogP contribution is -2.37. The van der Waals surface area contributed by atoms with Gasteiger partial charge in [-0.05, 0) is 86.1 Å². The molecule has 0 unspecified atom stereocenters. The second-order valence-electron chi connectivity index (χ2n) is 8.70. The maximum absolute atomic E-state index is 12.4. The van der Waals surface area contributed by atoms with Crippen molar-refractivity contribution < 1.29 is 9.90 Å². The van der Waals surface area contributed by atoms with Crippen LogP contribution in [0.15, 0.2) is 72.8 Å². The zero-order valence-corrected chi connectivity index (χ0v) is 18.8. The van der Waals surface area contributed by atoms with Gasteiger partial charge in [-0.15, -0.1) is 0 Å². The standard InChI is InChI=1S/C28H32N2O2/c1-30(25-16-17-26-24(20-25)10-7-11-27(26)31)19-6-5-18-29-28(32)23-14-12-22(13-15-23)21-8-3-2-4-9-21/h2-4,7-15,25,31H,5-6,16-20H2,1H3,(H,29,32)/t25-/m0/s1. The van der Waals surface area contributed by atoms with Crippen LogP contribution in [0.4, 0.5) is 0 Å². The van der Waals surface area contributed by atoms with Gasteiger partial charge < -0.3 is 15.3 Å². The molecule has 0 bridgehead atoms. The fourth-order valence-electron chi connectivity index (χ4n) is 4.56. The Balaban J connectivity index is 1.17. The van der Waals surface area contributed by atoms with E-state index in [4.69, 9.17) is 0 Å². The number of unbranched alkanes of at least 4 members (excludes halogenated alkanes) is 1. The molecule has 1 aliphatic carbocycles. The molecule has 0 aromatic heterocycles. The van der Waals surface area contributed by atoms with Gasteiger partial charge in [-0.2, -0.15) is 0 Å². The average molecular weight is 429 g/mol. The molecule has 0 radical (unpaired) electrons. The minimum atomic E-state index is -0.0124. The number of nitrogens with one attached hydrogen (secondary N) is 1. The molecule has 0 aliphatic heterocycles. The normalized spacial score (nSPS) is 15.4. The molecule has 32 heavy (non-hydrogen) atoms. The molecule has 3 aromatic rings. The first kappa shape index (κ1) is 22.1. The summed E-state index contributed by atoms with van der Waals surface area (Å²) in [6, 6.07) is 24.4. The number of amides is 1. The number of carbonyl (C=O) groups is 1. The van der Waals surface area contributed by atoms with Crippen molar-refractivity contribution in [3.8, 4) is 16.9 Å². The molecule has 1 atom stereocenters. The molecule has 0 spiro atoms. The second-order valence-corrected chi connectivity index (χ2v) is 8.70. The number of fused-ring (bicyclic) bond motifs is 1. The summed E-state index contributed by atoms with van der Waals surface area (Å²) in [4.78, 5) is 14.9. The molecular weight excluding hydrogens is 396 g/mol. The molecule has 4 nitrogen and oxygen atoms in total. The minimum Gasteiger partial charge on any atom is -0.508 e.